The average molecular weight is 897 g/mol. The van der Waals surface area contributed by atoms with Crippen LogP contribution in [0, 0.1) is 0 Å². The first-order valence-electron chi connectivity index (χ1n) is 23.6. The fraction of sp³-hybridized carbons (Fsp3) is 0.267. The Labute approximate surface area is 392 Å². The van der Waals surface area contributed by atoms with E-state index in [1.54, 1.807) is 0 Å². The molecule has 6 heteroatoms. The Hall–Kier alpha value is -6.08. The third kappa shape index (κ3) is 5.67. The van der Waals surface area contributed by atoms with Crippen LogP contribution in [0.3, 0.4) is 0 Å². The van der Waals surface area contributed by atoms with E-state index in [4.69, 9.17) is 0 Å². The third-order valence-corrected chi connectivity index (χ3v) is 17.2. The van der Waals surface area contributed by atoms with Crippen molar-refractivity contribution in [2.45, 2.75) is 105 Å². The second kappa shape index (κ2) is 12.9. The summed E-state index contributed by atoms with van der Waals surface area (Å²) in [6.45, 7) is 28.0. The topological polar surface area (TPSA) is 63.2 Å². The summed E-state index contributed by atoms with van der Waals surface area (Å²) in [6, 6.07) is 38.5. The maximum atomic E-state index is 4.08. The summed E-state index contributed by atoms with van der Waals surface area (Å²) in [7, 11) is 0. The van der Waals surface area contributed by atoms with E-state index in [9.17, 15) is 0 Å². The van der Waals surface area contributed by atoms with Crippen LogP contribution >= 0.6 is 22.7 Å². The maximum absolute atomic E-state index is 4.08. The third-order valence-electron chi connectivity index (χ3n) is 14.9. The maximum Gasteiger partial charge on any atom is 0.0710 e. The van der Waals surface area contributed by atoms with Gasteiger partial charge in [-0.15, -0.1) is 22.7 Å². The quantitative estimate of drug-likeness (QED) is 0.117. The number of benzene rings is 6. The molecular formula is C60H56N4S2. The van der Waals surface area contributed by atoms with Crippen molar-refractivity contribution in [1.29, 1.82) is 0 Å². The van der Waals surface area contributed by atoms with Crippen LogP contribution < -0.4 is 0 Å². The van der Waals surface area contributed by atoms with Crippen LogP contribution in [0.2, 0.25) is 0 Å². The van der Waals surface area contributed by atoms with Crippen LogP contribution in [-0.4, -0.2) is 19.9 Å². The number of hydrogen-bond donors (Lipinski definition) is 4. The number of H-pyrrole nitrogens is 4. The molecule has 0 amide bonds. The summed E-state index contributed by atoms with van der Waals surface area (Å²) in [5, 5.41) is 15.1. The van der Waals surface area contributed by atoms with Crippen molar-refractivity contribution in [3.8, 4) is 0 Å². The number of nitrogens with one attached hydrogen (secondary N) is 4. The predicted octanol–water partition coefficient (Wildman–Crippen LogP) is 18.7. The van der Waals surface area contributed by atoms with Gasteiger partial charge in [-0.05, 0) is 117 Å². The molecular weight excluding hydrogens is 841 g/mol. The number of hydrogen-bond acceptors (Lipinski definition) is 2. The average Bonchev–Trinajstić information content (AvgIpc) is 4.10. The summed E-state index contributed by atoms with van der Waals surface area (Å²) < 4.78 is 5.05. The van der Waals surface area contributed by atoms with Crippen LogP contribution in [-0.2, 0) is 21.7 Å². The lowest BCUT2D eigenvalue weighted by atomic mass is 9.85. The highest BCUT2D eigenvalue weighted by molar-refractivity contribution is 7.25. The van der Waals surface area contributed by atoms with Crippen LogP contribution in [0.5, 0.6) is 0 Å². The van der Waals surface area contributed by atoms with Gasteiger partial charge in [-0.25, -0.2) is 0 Å². The van der Waals surface area contributed by atoms with Gasteiger partial charge in [-0.2, -0.15) is 0 Å². The minimum Gasteiger partial charge on any atom is -0.352 e. The lowest BCUT2D eigenvalue weighted by molar-refractivity contribution is 0.591. The van der Waals surface area contributed by atoms with Crippen LogP contribution in [0.15, 0.2) is 97.1 Å². The van der Waals surface area contributed by atoms with Crippen molar-refractivity contribution in [1.82, 2.24) is 19.9 Å². The molecule has 13 rings (SSSR count). The molecule has 0 spiro atoms. The van der Waals surface area contributed by atoms with Crippen molar-refractivity contribution in [2.75, 3.05) is 0 Å². The smallest absolute Gasteiger partial charge is 0.0710 e. The SMILES string of the molecule is CC(C)(C)c1cc2c3ccc(s3)c3cc(C(C)(C)C)cc4c5ccc6c7cc(C(C)(C)C)cc(c8ccc(s8)c8cc(C(C)(C)C)cc9c%10ccc%11c(c1)c2[nH]c%11c%10[nH]c89)c7[nH]c6c5[nH]c34. The van der Waals surface area contributed by atoms with Gasteiger partial charge in [0.05, 0.1) is 44.1 Å². The van der Waals surface area contributed by atoms with Crippen molar-refractivity contribution in [3.63, 3.8) is 0 Å². The molecule has 7 heterocycles. The van der Waals surface area contributed by atoms with Crippen molar-refractivity contribution in [3.05, 3.63) is 119 Å². The Bertz CT molecular complexity index is 3760. The molecule has 4 N–H and O–H groups in total. The van der Waals surface area contributed by atoms with Crippen molar-refractivity contribution in [2.24, 2.45) is 0 Å². The molecule has 328 valence electrons. The number of thiophene rings is 2. The molecule has 0 atom stereocenters. The summed E-state index contributed by atoms with van der Waals surface area (Å²) in [4.78, 5) is 16.3. The van der Waals surface area contributed by atoms with E-state index in [-0.39, 0.29) is 21.7 Å². The molecule has 0 aliphatic rings. The second-order valence-electron chi connectivity index (χ2n) is 23.4. The molecule has 12 bridgehead atoms. The largest absolute Gasteiger partial charge is 0.352 e. The Morgan fingerprint density at radius 1 is 0.242 bits per heavy atom. The molecule has 4 nitrogen and oxygen atoms in total. The molecule has 6 aromatic carbocycles. The lowest BCUT2D eigenvalue weighted by Gasteiger charge is -2.20. The van der Waals surface area contributed by atoms with E-state index in [1.165, 1.54) is 128 Å². The number of aromatic amines is 4. The molecule has 66 heavy (non-hydrogen) atoms. The van der Waals surface area contributed by atoms with E-state index < -0.39 is 0 Å². The van der Waals surface area contributed by atoms with Crippen LogP contribution in [0.1, 0.15) is 105 Å². The monoisotopic (exact) mass is 896 g/mol. The fourth-order valence-corrected chi connectivity index (χ4v) is 12.9. The molecule has 0 saturated carbocycles. The summed E-state index contributed by atoms with van der Waals surface area (Å²) >= 11 is 3.80. The predicted molar refractivity (Wildman–Crippen MR) is 293 cm³/mol. The van der Waals surface area contributed by atoms with Gasteiger partial charge < -0.3 is 19.9 Å². The van der Waals surface area contributed by atoms with Gasteiger partial charge in [0.1, 0.15) is 0 Å². The van der Waals surface area contributed by atoms with E-state index in [1.807, 2.05) is 22.7 Å². The highest BCUT2D eigenvalue weighted by Crippen LogP contribution is 2.46. The summed E-state index contributed by atoms with van der Waals surface area (Å²) in [5.74, 6) is 0. The number of aromatic nitrogens is 4. The number of rotatable bonds is 0. The lowest BCUT2D eigenvalue weighted by Crippen LogP contribution is -2.10. The summed E-state index contributed by atoms with van der Waals surface area (Å²) in [5.41, 5.74) is 14.6. The van der Waals surface area contributed by atoms with Gasteiger partial charge in [0.15, 0.2) is 0 Å². The van der Waals surface area contributed by atoms with E-state index in [0.29, 0.717) is 0 Å². The molecule has 0 radical (unpaired) electrons. The van der Waals surface area contributed by atoms with Crippen LogP contribution in [0.4, 0.5) is 0 Å². The molecule has 0 aliphatic carbocycles. The Morgan fingerprint density at radius 3 is 0.636 bits per heavy atom. The Balaban J connectivity index is 1.29. The molecule has 0 saturated heterocycles. The summed E-state index contributed by atoms with van der Waals surface area (Å²) in [6.07, 6.45) is 0. The number of fused-ring (bicyclic) bond motifs is 12. The van der Waals surface area contributed by atoms with Gasteiger partial charge in [-0.1, -0.05) is 107 Å². The zero-order valence-electron chi connectivity index (χ0n) is 40.1. The molecule has 0 aliphatic heterocycles. The molecule has 0 unspecified atom stereocenters. The standard InChI is InChI=1S/C60H56N4S2/c1-57(2,3)29-21-37-33-13-14-34-38-22-31(59(7,8)9)27-43-47-19-20-48(66-47)44-28-32(60(10,11)12)24-40-36-16-15-35-39-23-30(58(4,5)6)26-42(50(39)63-55(35)56(36)64-52(40)44)46-18-17-45(65-46)41(25-29)49(37)61-53(33)54(34)62-51(38)43/h13-28,61-64H,1-12H3. The molecule has 7 aromatic heterocycles. The van der Waals surface area contributed by atoms with Gasteiger partial charge >= 0.3 is 0 Å². The first-order valence-corrected chi connectivity index (χ1v) is 25.2. The van der Waals surface area contributed by atoms with Gasteiger partial charge in [0.2, 0.25) is 0 Å². The van der Waals surface area contributed by atoms with Crippen molar-refractivity contribution >= 4 is 150 Å². The molecule has 13 aromatic rings. The Morgan fingerprint density at radius 2 is 0.439 bits per heavy atom. The Kier molecular flexibility index (Phi) is 7.84. The second-order valence-corrected chi connectivity index (χ2v) is 25.6. The van der Waals surface area contributed by atoms with E-state index in [2.05, 4.69) is 200 Å². The van der Waals surface area contributed by atoms with Gasteiger partial charge in [-0.3, -0.25) is 0 Å². The minimum absolute atomic E-state index is 0.0422. The highest BCUT2D eigenvalue weighted by atomic mass is 32.1. The first-order chi connectivity index (χ1) is 31.2. The normalized spacial score (nSPS) is 13.8. The van der Waals surface area contributed by atoms with Crippen LogP contribution in [0.25, 0.3) is 128 Å². The zero-order chi connectivity index (χ0) is 45.7. The first kappa shape index (κ1) is 40.2. The highest BCUT2D eigenvalue weighted by Gasteiger charge is 2.25. The minimum atomic E-state index is -0.0422. The van der Waals surface area contributed by atoms with Gasteiger partial charge in [0.25, 0.3) is 0 Å². The van der Waals surface area contributed by atoms with Gasteiger partial charge in [0, 0.05) is 83.4 Å². The molecule has 0 fully saturated rings. The fourth-order valence-electron chi connectivity index (χ4n) is 10.8. The van der Waals surface area contributed by atoms with E-state index >= 15 is 0 Å². The van der Waals surface area contributed by atoms with Crippen molar-refractivity contribution < 1.29 is 0 Å². The van der Waals surface area contributed by atoms with E-state index in [0.717, 1.165) is 22.1 Å². The zero-order valence-corrected chi connectivity index (χ0v) is 41.7.